The Hall–Kier alpha value is -1.59. The fourth-order valence-electron chi connectivity index (χ4n) is 2.45. The van der Waals surface area contributed by atoms with Gasteiger partial charge in [-0.3, -0.25) is 0 Å². The number of cyclic esters (lactones) is 1. The number of halogens is 2. The van der Waals surface area contributed by atoms with Gasteiger partial charge in [-0.2, -0.15) is 0 Å². The predicted octanol–water partition coefficient (Wildman–Crippen LogP) is 4.53. The summed E-state index contributed by atoms with van der Waals surface area (Å²) in [6.07, 6.45) is 0. The maximum absolute atomic E-state index is 11.9. The van der Waals surface area contributed by atoms with Crippen molar-refractivity contribution in [3.8, 4) is 0 Å². The van der Waals surface area contributed by atoms with Gasteiger partial charge in [0.25, 0.3) is 0 Å². The highest BCUT2D eigenvalue weighted by atomic mass is 79.9. The van der Waals surface area contributed by atoms with E-state index in [4.69, 9.17) is 4.74 Å². The number of hydrogen-bond acceptors (Lipinski definition) is 3. The van der Waals surface area contributed by atoms with Gasteiger partial charge in [0, 0.05) is 27.1 Å². The van der Waals surface area contributed by atoms with Crippen LogP contribution in [0.5, 0.6) is 0 Å². The largest absolute Gasteiger partial charge is 0.422 e. The van der Waals surface area contributed by atoms with Gasteiger partial charge in [-0.15, -0.1) is 0 Å². The van der Waals surface area contributed by atoms with Crippen molar-refractivity contribution in [3.05, 3.63) is 68.6 Å². The molecule has 0 amide bonds. The molecule has 3 rings (SSSR count). The number of nitrogens with zero attached hydrogens (tertiary/aromatic N) is 1. The molecule has 0 aliphatic carbocycles. The molecule has 2 aromatic rings. The summed E-state index contributed by atoms with van der Waals surface area (Å²) in [4.78, 5) is 13.8. The number of esters is 1. The van der Waals surface area contributed by atoms with Gasteiger partial charge in [0.05, 0.1) is 5.70 Å². The molecule has 5 heteroatoms. The van der Waals surface area contributed by atoms with Crippen LogP contribution in [0, 0.1) is 0 Å². The summed E-state index contributed by atoms with van der Waals surface area (Å²) >= 11 is 7.11. The summed E-state index contributed by atoms with van der Waals surface area (Å²) in [7, 11) is 1.89. The summed E-state index contributed by atoms with van der Waals surface area (Å²) in [6.45, 7) is 0.227. The van der Waals surface area contributed by atoms with Gasteiger partial charge >= 0.3 is 5.97 Å². The van der Waals surface area contributed by atoms with E-state index < -0.39 is 0 Å². The SMILES string of the molecule is CN1CC(=O)OC(c2ccccc2Br)=C1c1ccccc1Br. The van der Waals surface area contributed by atoms with Gasteiger partial charge in [0.2, 0.25) is 0 Å². The second kappa shape index (κ2) is 6.26. The average molecular weight is 423 g/mol. The monoisotopic (exact) mass is 421 g/mol. The van der Waals surface area contributed by atoms with E-state index in [2.05, 4.69) is 31.9 Å². The van der Waals surface area contributed by atoms with E-state index >= 15 is 0 Å². The first kappa shape index (κ1) is 15.3. The number of ether oxygens (including phenoxy) is 1. The first-order valence-corrected chi connectivity index (χ1v) is 8.32. The summed E-state index contributed by atoms with van der Waals surface area (Å²) in [5.41, 5.74) is 2.73. The van der Waals surface area contributed by atoms with Crippen LogP contribution in [0.4, 0.5) is 0 Å². The highest BCUT2D eigenvalue weighted by Gasteiger charge is 2.28. The lowest BCUT2D eigenvalue weighted by Gasteiger charge is -2.30. The van der Waals surface area contributed by atoms with Crippen molar-refractivity contribution in [2.75, 3.05) is 13.6 Å². The number of carbonyl (C=O) groups excluding carboxylic acids is 1. The molecule has 1 heterocycles. The Morgan fingerprint density at radius 1 is 0.955 bits per heavy atom. The van der Waals surface area contributed by atoms with Gasteiger partial charge in [-0.1, -0.05) is 68.3 Å². The molecular weight excluding hydrogens is 410 g/mol. The van der Waals surface area contributed by atoms with E-state index in [1.54, 1.807) is 0 Å². The Morgan fingerprint density at radius 3 is 2.09 bits per heavy atom. The van der Waals surface area contributed by atoms with E-state index in [-0.39, 0.29) is 12.5 Å². The molecule has 0 saturated heterocycles. The first-order valence-electron chi connectivity index (χ1n) is 6.74. The van der Waals surface area contributed by atoms with Crippen LogP contribution in [0.25, 0.3) is 11.5 Å². The van der Waals surface area contributed by atoms with Crippen molar-refractivity contribution in [3.63, 3.8) is 0 Å². The predicted molar refractivity (Wildman–Crippen MR) is 93.8 cm³/mol. The van der Waals surface area contributed by atoms with Crippen molar-refractivity contribution in [2.24, 2.45) is 0 Å². The molecule has 0 atom stereocenters. The molecule has 22 heavy (non-hydrogen) atoms. The Labute approximate surface area is 145 Å². The van der Waals surface area contributed by atoms with E-state index in [0.717, 1.165) is 25.8 Å². The Kier molecular flexibility index (Phi) is 4.36. The molecule has 0 N–H and O–H groups in total. The van der Waals surface area contributed by atoms with E-state index in [9.17, 15) is 4.79 Å². The molecule has 1 aliphatic rings. The second-order valence-electron chi connectivity index (χ2n) is 4.97. The van der Waals surface area contributed by atoms with Crippen LogP contribution in [0.1, 0.15) is 11.1 Å². The summed E-state index contributed by atoms with van der Waals surface area (Å²) in [6, 6.07) is 15.6. The van der Waals surface area contributed by atoms with Gasteiger partial charge in [0.15, 0.2) is 5.76 Å². The molecule has 0 bridgehead atoms. The molecule has 112 valence electrons. The second-order valence-corrected chi connectivity index (χ2v) is 6.68. The molecule has 3 nitrogen and oxygen atoms in total. The first-order chi connectivity index (χ1) is 10.6. The molecule has 0 fully saturated rings. The molecule has 1 aliphatic heterocycles. The molecule has 2 aromatic carbocycles. The summed E-state index contributed by atoms with van der Waals surface area (Å²) < 4.78 is 7.44. The molecule has 0 aromatic heterocycles. The third-order valence-corrected chi connectivity index (χ3v) is 4.81. The minimum Gasteiger partial charge on any atom is -0.422 e. The van der Waals surface area contributed by atoms with Crippen LogP contribution in [-0.4, -0.2) is 24.5 Å². The molecule has 0 unspecified atom stereocenters. The average Bonchev–Trinajstić information content (AvgIpc) is 2.48. The Bertz CT molecular complexity index is 771. The molecule has 0 radical (unpaired) electrons. The quantitative estimate of drug-likeness (QED) is 0.666. The fourth-order valence-corrected chi connectivity index (χ4v) is 3.39. The van der Waals surface area contributed by atoms with Crippen molar-refractivity contribution in [1.29, 1.82) is 0 Å². The standard InChI is InChI=1S/C17H13Br2NO2/c1-20-10-15(21)22-17(12-7-3-5-9-14(12)19)16(20)11-6-2-4-8-13(11)18/h2-9H,10H2,1H3. The van der Waals surface area contributed by atoms with Gasteiger partial charge < -0.3 is 9.64 Å². The molecule has 0 spiro atoms. The van der Waals surface area contributed by atoms with Crippen LogP contribution < -0.4 is 0 Å². The van der Waals surface area contributed by atoms with Crippen LogP contribution in [0.15, 0.2) is 57.5 Å². The Morgan fingerprint density at radius 2 is 1.50 bits per heavy atom. The Balaban J connectivity index is 2.27. The number of carbonyl (C=O) groups is 1. The fraction of sp³-hybridized carbons (Fsp3) is 0.118. The zero-order valence-electron chi connectivity index (χ0n) is 11.8. The van der Waals surface area contributed by atoms with Gasteiger partial charge in [-0.25, -0.2) is 4.79 Å². The smallest absolute Gasteiger partial charge is 0.331 e. The summed E-state index contributed by atoms with van der Waals surface area (Å²) in [5.74, 6) is 0.308. The number of likely N-dealkylation sites (N-methyl/N-ethyl adjacent to an activating group) is 1. The minimum absolute atomic E-state index is 0.227. The highest BCUT2D eigenvalue weighted by Crippen LogP contribution is 2.38. The lowest BCUT2D eigenvalue weighted by Crippen LogP contribution is -2.32. The van der Waals surface area contributed by atoms with Crippen LogP contribution in [-0.2, 0) is 9.53 Å². The number of hydrogen-bond donors (Lipinski definition) is 0. The van der Waals surface area contributed by atoms with Crippen LogP contribution in [0.2, 0.25) is 0 Å². The molecular formula is C17H13Br2NO2. The maximum Gasteiger partial charge on any atom is 0.331 e. The van der Waals surface area contributed by atoms with Crippen LogP contribution >= 0.6 is 31.9 Å². The lowest BCUT2D eigenvalue weighted by molar-refractivity contribution is -0.137. The van der Waals surface area contributed by atoms with E-state index in [1.165, 1.54) is 0 Å². The minimum atomic E-state index is -0.260. The van der Waals surface area contributed by atoms with E-state index in [1.807, 2.05) is 60.5 Å². The van der Waals surface area contributed by atoms with Crippen molar-refractivity contribution in [2.45, 2.75) is 0 Å². The third kappa shape index (κ3) is 2.83. The van der Waals surface area contributed by atoms with Crippen molar-refractivity contribution >= 4 is 49.3 Å². The normalized spacial score (nSPS) is 15.0. The number of benzene rings is 2. The summed E-state index contributed by atoms with van der Waals surface area (Å²) in [5, 5.41) is 0. The lowest BCUT2D eigenvalue weighted by atomic mass is 10.0. The zero-order chi connectivity index (χ0) is 15.7. The number of rotatable bonds is 2. The maximum atomic E-state index is 11.9. The van der Waals surface area contributed by atoms with Crippen molar-refractivity contribution < 1.29 is 9.53 Å². The van der Waals surface area contributed by atoms with Gasteiger partial charge in [0.1, 0.15) is 6.54 Å². The third-order valence-electron chi connectivity index (χ3n) is 3.43. The zero-order valence-corrected chi connectivity index (χ0v) is 15.0. The van der Waals surface area contributed by atoms with E-state index in [0.29, 0.717) is 5.76 Å². The van der Waals surface area contributed by atoms with Crippen molar-refractivity contribution in [1.82, 2.24) is 4.90 Å². The van der Waals surface area contributed by atoms with Crippen LogP contribution in [0.3, 0.4) is 0 Å². The van der Waals surface area contributed by atoms with Gasteiger partial charge in [-0.05, 0) is 12.1 Å². The highest BCUT2D eigenvalue weighted by molar-refractivity contribution is 9.10. The topological polar surface area (TPSA) is 29.5 Å². The molecule has 0 saturated carbocycles.